The van der Waals surface area contributed by atoms with Crippen LogP contribution in [-0.2, 0) is 4.74 Å². The predicted octanol–water partition coefficient (Wildman–Crippen LogP) is 0.877. The summed E-state index contributed by atoms with van der Waals surface area (Å²) in [6.07, 6.45) is 0. The first-order chi connectivity index (χ1) is 9.92. The number of carbonyl (C=O) groups is 1. The minimum absolute atomic E-state index is 0.0227. The third kappa shape index (κ3) is 4.10. The molecule has 1 rings (SSSR count). The highest BCUT2D eigenvalue weighted by atomic mass is 19.1. The zero-order chi connectivity index (χ0) is 16.0. The molecule has 0 bridgehead atoms. The molecular weight excluding hydrogens is 287 g/mol. The van der Waals surface area contributed by atoms with E-state index in [1.54, 1.807) is 0 Å². The molecule has 0 heterocycles. The summed E-state index contributed by atoms with van der Waals surface area (Å²) in [5.41, 5.74) is -1.32. The summed E-state index contributed by atoms with van der Waals surface area (Å²) in [7, 11) is 1.43. The molecule has 0 saturated heterocycles. The number of nitrogens with zero attached hydrogens (tertiary/aromatic N) is 2. The van der Waals surface area contributed by atoms with Gasteiger partial charge in [0, 0.05) is 20.2 Å². The van der Waals surface area contributed by atoms with Crippen molar-refractivity contribution in [3.8, 4) is 0 Å². The number of hydrogen-bond donors (Lipinski definition) is 2. The minimum atomic E-state index is -1.53. The van der Waals surface area contributed by atoms with Crippen LogP contribution in [0, 0.1) is 15.9 Å². The topological polar surface area (TPSA) is 113 Å². The Morgan fingerprint density at radius 2 is 2.14 bits per heavy atom. The normalized spacial score (nSPS) is 10.4. The molecule has 0 saturated carbocycles. The van der Waals surface area contributed by atoms with E-state index in [1.807, 2.05) is 0 Å². The monoisotopic (exact) mass is 302 g/mol. The van der Waals surface area contributed by atoms with Crippen molar-refractivity contribution in [3.05, 3.63) is 33.6 Å². The number of halogens is 1. The fourth-order valence-electron chi connectivity index (χ4n) is 1.79. The van der Waals surface area contributed by atoms with Crippen LogP contribution in [0.4, 0.5) is 15.8 Å². The van der Waals surface area contributed by atoms with Crippen LogP contribution in [0.25, 0.3) is 0 Å². The van der Waals surface area contributed by atoms with E-state index in [4.69, 9.17) is 14.9 Å². The number of hydrogen-bond acceptors (Lipinski definition) is 6. The zero-order valence-corrected chi connectivity index (χ0v) is 11.3. The molecule has 0 amide bonds. The van der Waals surface area contributed by atoms with Crippen LogP contribution >= 0.6 is 0 Å². The molecule has 0 aliphatic rings. The lowest BCUT2D eigenvalue weighted by molar-refractivity contribution is -0.384. The standard InChI is InChI=1S/C12H15FN2O6/c1-21-5-3-14(2-4-16)10-6-8(12(17)18)9(13)7-11(10)15(19)20/h6-7,16H,2-5H2,1H3,(H,17,18). The number of aliphatic hydroxyl groups excluding tert-OH is 1. The largest absolute Gasteiger partial charge is 0.478 e. The van der Waals surface area contributed by atoms with Crippen molar-refractivity contribution in [2.75, 3.05) is 38.3 Å². The highest BCUT2D eigenvalue weighted by Gasteiger charge is 2.25. The Kier molecular flexibility index (Phi) is 6.00. The lowest BCUT2D eigenvalue weighted by atomic mass is 10.1. The Bertz CT molecular complexity index is 537. The molecule has 1 aromatic rings. The number of aromatic carboxylic acids is 1. The summed E-state index contributed by atoms with van der Waals surface area (Å²) >= 11 is 0. The van der Waals surface area contributed by atoms with Gasteiger partial charge < -0.3 is 19.8 Å². The van der Waals surface area contributed by atoms with Crippen molar-refractivity contribution in [1.82, 2.24) is 0 Å². The number of carboxylic acid groups (broad SMARTS) is 1. The third-order valence-corrected chi connectivity index (χ3v) is 2.77. The van der Waals surface area contributed by atoms with E-state index < -0.39 is 28.0 Å². The van der Waals surface area contributed by atoms with Gasteiger partial charge in [0.1, 0.15) is 11.5 Å². The molecule has 0 fully saturated rings. The fraction of sp³-hybridized carbons (Fsp3) is 0.417. The van der Waals surface area contributed by atoms with E-state index in [0.717, 1.165) is 6.07 Å². The zero-order valence-electron chi connectivity index (χ0n) is 11.3. The Morgan fingerprint density at radius 3 is 2.62 bits per heavy atom. The van der Waals surface area contributed by atoms with E-state index in [2.05, 4.69) is 0 Å². The lowest BCUT2D eigenvalue weighted by Crippen LogP contribution is -2.31. The van der Waals surface area contributed by atoms with Gasteiger partial charge in [-0.2, -0.15) is 0 Å². The summed E-state index contributed by atoms with van der Waals surface area (Å²) in [5, 5.41) is 28.9. The van der Waals surface area contributed by atoms with Gasteiger partial charge in [-0.1, -0.05) is 0 Å². The maximum atomic E-state index is 13.6. The average Bonchev–Trinajstić information content (AvgIpc) is 2.42. The summed E-state index contributed by atoms with van der Waals surface area (Å²) in [5.74, 6) is -2.71. The first-order valence-corrected chi connectivity index (χ1v) is 5.98. The predicted molar refractivity (Wildman–Crippen MR) is 71.2 cm³/mol. The summed E-state index contributed by atoms with van der Waals surface area (Å²) in [6.45, 7) is 0.106. The SMILES string of the molecule is COCCN(CCO)c1cc(C(=O)O)c(F)cc1[N+](=O)[O-]. The molecule has 0 aromatic heterocycles. The van der Waals surface area contributed by atoms with Crippen LogP contribution in [0.5, 0.6) is 0 Å². The van der Waals surface area contributed by atoms with E-state index in [9.17, 15) is 19.3 Å². The second kappa shape index (κ2) is 7.50. The third-order valence-electron chi connectivity index (χ3n) is 2.77. The summed E-state index contributed by atoms with van der Waals surface area (Å²) < 4.78 is 18.4. The van der Waals surface area contributed by atoms with Crippen molar-refractivity contribution in [1.29, 1.82) is 0 Å². The van der Waals surface area contributed by atoms with Crippen LogP contribution < -0.4 is 4.90 Å². The van der Waals surface area contributed by atoms with Crippen LogP contribution in [0.3, 0.4) is 0 Å². The maximum absolute atomic E-state index is 13.6. The van der Waals surface area contributed by atoms with Gasteiger partial charge in [-0.15, -0.1) is 0 Å². The minimum Gasteiger partial charge on any atom is -0.478 e. The van der Waals surface area contributed by atoms with Crippen molar-refractivity contribution in [2.45, 2.75) is 0 Å². The van der Waals surface area contributed by atoms with Gasteiger partial charge in [-0.05, 0) is 6.07 Å². The molecule has 0 atom stereocenters. The van der Waals surface area contributed by atoms with Crippen LogP contribution in [-0.4, -0.2) is 54.5 Å². The lowest BCUT2D eigenvalue weighted by Gasteiger charge is -2.23. The fourth-order valence-corrected chi connectivity index (χ4v) is 1.79. The molecule has 0 aliphatic carbocycles. The molecule has 116 valence electrons. The second-order valence-electron chi connectivity index (χ2n) is 4.09. The highest BCUT2D eigenvalue weighted by molar-refractivity contribution is 5.90. The number of anilines is 1. The average molecular weight is 302 g/mol. The Balaban J connectivity index is 3.36. The van der Waals surface area contributed by atoms with Crippen molar-refractivity contribution >= 4 is 17.3 Å². The second-order valence-corrected chi connectivity index (χ2v) is 4.09. The van der Waals surface area contributed by atoms with Gasteiger partial charge >= 0.3 is 5.97 Å². The molecule has 8 nitrogen and oxygen atoms in total. The van der Waals surface area contributed by atoms with Crippen molar-refractivity contribution in [3.63, 3.8) is 0 Å². The molecule has 0 aliphatic heterocycles. The molecule has 9 heteroatoms. The highest BCUT2D eigenvalue weighted by Crippen LogP contribution is 2.31. The van der Waals surface area contributed by atoms with E-state index in [-0.39, 0.29) is 32.0 Å². The molecular formula is C12H15FN2O6. The molecule has 1 aromatic carbocycles. The summed E-state index contributed by atoms with van der Waals surface area (Å²) in [4.78, 5) is 22.5. The van der Waals surface area contributed by atoms with E-state index in [1.165, 1.54) is 12.0 Å². The molecule has 0 radical (unpaired) electrons. The van der Waals surface area contributed by atoms with Crippen LogP contribution in [0.1, 0.15) is 10.4 Å². The Labute approximate surface area is 119 Å². The first-order valence-electron chi connectivity index (χ1n) is 5.98. The van der Waals surface area contributed by atoms with Crippen molar-refractivity contribution in [2.24, 2.45) is 0 Å². The summed E-state index contributed by atoms with van der Waals surface area (Å²) in [6, 6.07) is 1.46. The molecule has 0 unspecified atom stereocenters. The van der Waals surface area contributed by atoms with Crippen LogP contribution in [0.2, 0.25) is 0 Å². The van der Waals surface area contributed by atoms with Gasteiger partial charge in [0.15, 0.2) is 0 Å². The van der Waals surface area contributed by atoms with Gasteiger partial charge in [0.2, 0.25) is 0 Å². The number of ether oxygens (including phenoxy) is 1. The van der Waals surface area contributed by atoms with Gasteiger partial charge in [0.05, 0.1) is 29.8 Å². The van der Waals surface area contributed by atoms with Gasteiger partial charge in [0.25, 0.3) is 5.69 Å². The number of nitro groups is 1. The number of rotatable bonds is 8. The van der Waals surface area contributed by atoms with Gasteiger partial charge in [-0.3, -0.25) is 10.1 Å². The van der Waals surface area contributed by atoms with E-state index >= 15 is 0 Å². The number of benzene rings is 1. The number of methoxy groups -OCH3 is 1. The molecule has 2 N–H and O–H groups in total. The number of carboxylic acids is 1. The first kappa shape index (κ1) is 16.8. The van der Waals surface area contributed by atoms with Crippen LogP contribution in [0.15, 0.2) is 12.1 Å². The number of aliphatic hydroxyl groups is 1. The Morgan fingerprint density at radius 1 is 1.48 bits per heavy atom. The quantitative estimate of drug-likeness (QED) is 0.541. The Hall–Kier alpha value is -2.26. The van der Waals surface area contributed by atoms with Crippen molar-refractivity contribution < 1.29 is 29.1 Å². The molecule has 21 heavy (non-hydrogen) atoms. The van der Waals surface area contributed by atoms with E-state index in [0.29, 0.717) is 6.07 Å². The maximum Gasteiger partial charge on any atom is 0.338 e. The number of nitro benzene ring substituents is 1. The molecule has 0 spiro atoms. The smallest absolute Gasteiger partial charge is 0.338 e. The van der Waals surface area contributed by atoms with Gasteiger partial charge in [-0.25, -0.2) is 9.18 Å².